The lowest BCUT2D eigenvalue weighted by molar-refractivity contribution is -0.139. The number of pyridine rings is 1. The molecule has 1 heterocycles. The standard InChI is InChI=1S/C25H30Cl2N3O6P/c1-17-5-7-18(8-6-17)20-15-23(25-21(29-20)13-19(33-2)14-22(25)34-3)36-37(32,28-16-24(31)35-4)30(11-9-26)12-10-27/h5-8,13-15H,9-12,16H2,1-4H3,(H,28,32). The summed E-state index contributed by atoms with van der Waals surface area (Å²) >= 11 is 12.0. The monoisotopic (exact) mass is 569 g/mol. The minimum atomic E-state index is -3.93. The Kier molecular flexibility index (Phi) is 10.4. The second-order valence-corrected chi connectivity index (χ2v) is 10.8. The third-order valence-electron chi connectivity index (χ3n) is 5.54. The number of nitrogens with one attached hydrogen (secondary N) is 1. The maximum atomic E-state index is 14.3. The average molecular weight is 570 g/mol. The fraction of sp³-hybridized carbons (Fsp3) is 0.360. The molecular weight excluding hydrogens is 540 g/mol. The highest BCUT2D eigenvalue weighted by Crippen LogP contribution is 2.50. The lowest BCUT2D eigenvalue weighted by Gasteiger charge is -2.31. The summed E-state index contributed by atoms with van der Waals surface area (Å²) in [4.78, 5) is 16.7. The van der Waals surface area contributed by atoms with Crippen LogP contribution in [0.5, 0.6) is 17.2 Å². The number of hydrogen-bond donors (Lipinski definition) is 1. The van der Waals surface area contributed by atoms with Crippen LogP contribution >= 0.6 is 30.9 Å². The van der Waals surface area contributed by atoms with Gasteiger partial charge in [-0.15, -0.1) is 23.2 Å². The number of fused-ring (bicyclic) bond motifs is 1. The molecule has 2 aromatic carbocycles. The average Bonchev–Trinajstić information content (AvgIpc) is 2.91. The Labute approximate surface area is 226 Å². The smallest absolute Gasteiger partial charge is 0.393 e. The zero-order chi connectivity index (χ0) is 27.0. The number of benzene rings is 2. The van der Waals surface area contributed by atoms with E-state index in [-0.39, 0.29) is 37.1 Å². The van der Waals surface area contributed by atoms with Crippen LogP contribution in [0.3, 0.4) is 0 Å². The molecule has 3 rings (SSSR count). The first-order chi connectivity index (χ1) is 17.8. The molecule has 1 aromatic heterocycles. The van der Waals surface area contributed by atoms with Gasteiger partial charge in [0.2, 0.25) is 0 Å². The van der Waals surface area contributed by atoms with Crippen LogP contribution in [-0.4, -0.2) is 68.3 Å². The van der Waals surface area contributed by atoms with E-state index >= 15 is 0 Å². The summed E-state index contributed by atoms with van der Waals surface area (Å²) in [5.74, 6) is 0.889. The molecule has 0 saturated heterocycles. The van der Waals surface area contributed by atoms with Gasteiger partial charge in [-0.1, -0.05) is 29.8 Å². The molecule has 0 amide bonds. The zero-order valence-corrected chi connectivity index (χ0v) is 23.5. The van der Waals surface area contributed by atoms with Crippen LogP contribution in [0.1, 0.15) is 5.56 Å². The number of carbonyl (C=O) groups excluding carboxylic acids is 1. The Balaban J connectivity index is 2.24. The quantitative estimate of drug-likeness (QED) is 0.168. The van der Waals surface area contributed by atoms with Crippen LogP contribution in [0.25, 0.3) is 22.2 Å². The third kappa shape index (κ3) is 7.06. The molecule has 0 aliphatic rings. The van der Waals surface area contributed by atoms with Gasteiger partial charge >= 0.3 is 13.6 Å². The van der Waals surface area contributed by atoms with E-state index in [1.165, 1.54) is 18.9 Å². The number of hydrogen-bond acceptors (Lipinski definition) is 7. The summed E-state index contributed by atoms with van der Waals surface area (Å²) in [6.07, 6.45) is 0. The Bertz CT molecular complexity index is 1270. The van der Waals surface area contributed by atoms with Crippen LogP contribution in [-0.2, 0) is 14.1 Å². The minimum absolute atomic E-state index is 0.163. The number of aryl methyl sites for hydroxylation is 1. The maximum absolute atomic E-state index is 14.3. The van der Waals surface area contributed by atoms with Gasteiger partial charge in [-0.05, 0) is 6.92 Å². The van der Waals surface area contributed by atoms with Crippen LogP contribution < -0.4 is 19.1 Å². The Morgan fingerprint density at radius 3 is 2.24 bits per heavy atom. The number of aromatic nitrogens is 1. The van der Waals surface area contributed by atoms with Crippen molar-refractivity contribution in [2.75, 3.05) is 52.7 Å². The van der Waals surface area contributed by atoms with Crippen molar-refractivity contribution in [1.29, 1.82) is 0 Å². The molecule has 1 unspecified atom stereocenters. The number of nitrogens with zero attached hydrogens (tertiary/aromatic N) is 2. The maximum Gasteiger partial charge on any atom is 0.393 e. The Hall–Kier alpha value is -2.55. The summed E-state index contributed by atoms with van der Waals surface area (Å²) in [5, 5.41) is 3.22. The third-order valence-corrected chi connectivity index (χ3v) is 8.03. The fourth-order valence-corrected chi connectivity index (χ4v) is 6.11. The van der Waals surface area contributed by atoms with Crippen molar-refractivity contribution in [3.63, 3.8) is 0 Å². The molecule has 0 radical (unpaired) electrons. The van der Waals surface area contributed by atoms with Gasteiger partial charge in [0.05, 0.1) is 37.9 Å². The number of rotatable bonds is 13. The second-order valence-electron chi connectivity index (χ2n) is 7.95. The fourth-order valence-electron chi connectivity index (χ4n) is 3.62. The van der Waals surface area contributed by atoms with Gasteiger partial charge < -0.3 is 18.7 Å². The molecule has 1 N–H and O–H groups in total. The van der Waals surface area contributed by atoms with E-state index in [0.717, 1.165) is 11.1 Å². The van der Waals surface area contributed by atoms with Crippen molar-refractivity contribution in [1.82, 2.24) is 14.7 Å². The van der Waals surface area contributed by atoms with Gasteiger partial charge in [-0.25, -0.2) is 19.3 Å². The summed E-state index contributed by atoms with van der Waals surface area (Å²) in [5.41, 5.74) is 3.01. The summed E-state index contributed by atoms with van der Waals surface area (Å²) in [6, 6.07) is 12.9. The highest BCUT2D eigenvalue weighted by molar-refractivity contribution is 7.54. The molecule has 12 heteroatoms. The van der Waals surface area contributed by atoms with Gasteiger partial charge in [-0.2, -0.15) is 0 Å². The molecule has 0 aliphatic carbocycles. The van der Waals surface area contributed by atoms with Gasteiger partial charge in [0.15, 0.2) is 0 Å². The molecule has 37 heavy (non-hydrogen) atoms. The lowest BCUT2D eigenvalue weighted by Crippen LogP contribution is -2.36. The number of methoxy groups -OCH3 is 3. The number of alkyl halides is 2. The number of esters is 1. The van der Waals surface area contributed by atoms with E-state index in [4.69, 9.17) is 46.9 Å². The van der Waals surface area contributed by atoms with Crippen LogP contribution in [0.4, 0.5) is 0 Å². The molecule has 0 aliphatic heterocycles. The van der Waals surface area contributed by atoms with Gasteiger partial charge in [-0.3, -0.25) is 4.79 Å². The topological polar surface area (TPSA) is 99.2 Å². The van der Waals surface area contributed by atoms with Gasteiger partial charge in [0.1, 0.15) is 23.8 Å². The van der Waals surface area contributed by atoms with E-state index in [2.05, 4.69) is 5.09 Å². The van der Waals surface area contributed by atoms with E-state index in [0.29, 0.717) is 28.1 Å². The van der Waals surface area contributed by atoms with Gasteiger partial charge in [0, 0.05) is 48.6 Å². The van der Waals surface area contributed by atoms with Gasteiger partial charge in [0.25, 0.3) is 0 Å². The summed E-state index contributed by atoms with van der Waals surface area (Å²) in [6.45, 7) is 2.03. The van der Waals surface area contributed by atoms with Crippen molar-refractivity contribution in [2.45, 2.75) is 6.92 Å². The van der Waals surface area contributed by atoms with E-state index in [1.54, 1.807) is 25.3 Å². The first-order valence-electron chi connectivity index (χ1n) is 11.4. The van der Waals surface area contributed by atoms with Crippen LogP contribution in [0, 0.1) is 6.92 Å². The SMILES string of the molecule is COC(=O)CNP(=O)(Oc1cc(-c2ccc(C)cc2)nc2cc(OC)cc(OC)c12)N(CCCl)CCCl. The predicted octanol–water partition coefficient (Wildman–Crippen LogP) is 5.26. The highest BCUT2D eigenvalue weighted by Gasteiger charge is 2.35. The molecule has 200 valence electrons. The van der Waals surface area contributed by atoms with E-state index < -0.39 is 13.6 Å². The van der Waals surface area contributed by atoms with Crippen molar-refractivity contribution >= 4 is 47.7 Å². The van der Waals surface area contributed by atoms with Crippen LogP contribution in [0.2, 0.25) is 0 Å². The summed E-state index contributed by atoms with van der Waals surface area (Å²) < 4.78 is 37.8. The molecule has 0 spiro atoms. The number of carbonyl (C=O) groups is 1. The van der Waals surface area contributed by atoms with Crippen molar-refractivity contribution in [3.8, 4) is 28.5 Å². The highest BCUT2D eigenvalue weighted by atomic mass is 35.5. The molecule has 0 bridgehead atoms. The largest absolute Gasteiger partial charge is 0.497 e. The van der Waals surface area contributed by atoms with Crippen molar-refractivity contribution in [3.05, 3.63) is 48.0 Å². The molecule has 3 aromatic rings. The van der Waals surface area contributed by atoms with Crippen molar-refractivity contribution in [2.24, 2.45) is 0 Å². The summed E-state index contributed by atoms with van der Waals surface area (Å²) in [7, 11) is 0.371. The number of halogens is 2. The molecule has 0 fully saturated rings. The van der Waals surface area contributed by atoms with Crippen LogP contribution in [0.15, 0.2) is 42.5 Å². The first kappa shape index (κ1) is 29.0. The Morgan fingerprint density at radius 2 is 1.68 bits per heavy atom. The lowest BCUT2D eigenvalue weighted by atomic mass is 10.1. The Morgan fingerprint density at radius 1 is 1.00 bits per heavy atom. The second kappa shape index (κ2) is 13.3. The molecular formula is C25H30Cl2N3O6P. The molecule has 1 atom stereocenters. The molecule has 9 nitrogen and oxygen atoms in total. The predicted molar refractivity (Wildman–Crippen MR) is 146 cm³/mol. The first-order valence-corrected chi connectivity index (χ1v) is 14.1. The molecule has 0 saturated carbocycles. The zero-order valence-electron chi connectivity index (χ0n) is 21.1. The normalized spacial score (nSPS) is 12.8. The minimum Gasteiger partial charge on any atom is -0.497 e. The van der Waals surface area contributed by atoms with E-state index in [9.17, 15) is 9.36 Å². The van der Waals surface area contributed by atoms with Crippen molar-refractivity contribution < 1.29 is 28.1 Å². The number of ether oxygens (including phenoxy) is 3. The van der Waals surface area contributed by atoms with E-state index in [1.807, 2.05) is 31.2 Å².